The van der Waals surface area contributed by atoms with E-state index in [1.807, 2.05) is 48.5 Å². The number of fused-ring (bicyclic) bond motifs is 1. The van der Waals surface area contributed by atoms with E-state index in [0.29, 0.717) is 19.4 Å². The van der Waals surface area contributed by atoms with Crippen LogP contribution in [0, 0.1) is 5.92 Å². The zero-order valence-electron chi connectivity index (χ0n) is 27.1. The number of rotatable bonds is 11. The molecule has 3 amide bonds. The van der Waals surface area contributed by atoms with Crippen LogP contribution in [0.1, 0.15) is 57.8 Å². The zero-order chi connectivity index (χ0) is 35.2. The van der Waals surface area contributed by atoms with Crippen molar-refractivity contribution >= 4 is 69.3 Å². The van der Waals surface area contributed by atoms with E-state index in [1.165, 1.54) is 11.9 Å². The molecule has 2 aromatic carbocycles. The zero-order valence-corrected chi connectivity index (χ0v) is 29.4. The molecular formula is C34H40Cl3N5O6. The first-order chi connectivity index (χ1) is 22.6. The number of ether oxygens (including phenoxy) is 1. The molecule has 0 bridgehead atoms. The van der Waals surface area contributed by atoms with Gasteiger partial charge >= 0.3 is 5.97 Å². The summed E-state index contributed by atoms with van der Waals surface area (Å²) in [5.74, 6) is -2.27. The van der Waals surface area contributed by atoms with E-state index in [9.17, 15) is 24.3 Å². The van der Waals surface area contributed by atoms with Gasteiger partial charge in [0.25, 0.3) is 5.91 Å². The van der Waals surface area contributed by atoms with Crippen molar-refractivity contribution in [1.29, 1.82) is 0 Å². The van der Waals surface area contributed by atoms with Crippen molar-refractivity contribution in [3.63, 3.8) is 0 Å². The fourth-order valence-corrected chi connectivity index (χ4v) is 5.49. The predicted molar refractivity (Wildman–Crippen MR) is 185 cm³/mol. The summed E-state index contributed by atoms with van der Waals surface area (Å²) in [6.07, 6.45) is 2.13. The standard InChI is InChI=1S/C34H40Cl3N5O6/c1-19(2)30(31(45)39-20(3)32(46)42-12-6-9-27(41-42)33(47)48-18-34(35,36)37)40-29(44)14-22-7-5-8-24(13-22)28-16-26-15-23(21(4)43)10-11-25(26)17-38-28/h5,7-8,10-11,13,15-17,19-21,27,30,41,43H,6,9,12,14,18H2,1-4H3,(H,39,45)(H,40,44)/t20-,21+,27-,30-/m0/s1. The molecule has 1 fully saturated rings. The number of hydrogen-bond donors (Lipinski definition) is 4. The molecule has 1 saturated heterocycles. The second-order valence-corrected chi connectivity index (χ2v) is 14.8. The van der Waals surface area contributed by atoms with Crippen molar-refractivity contribution in [1.82, 2.24) is 26.1 Å². The van der Waals surface area contributed by atoms with Crippen LogP contribution in [0.15, 0.2) is 54.7 Å². The maximum Gasteiger partial charge on any atom is 0.325 e. The summed E-state index contributed by atoms with van der Waals surface area (Å²) in [7, 11) is 0. The van der Waals surface area contributed by atoms with Crippen LogP contribution >= 0.6 is 34.8 Å². The van der Waals surface area contributed by atoms with Crippen LogP contribution in [0.2, 0.25) is 0 Å². The van der Waals surface area contributed by atoms with Gasteiger partial charge < -0.3 is 20.5 Å². The van der Waals surface area contributed by atoms with Gasteiger partial charge in [-0.3, -0.25) is 29.2 Å². The largest absolute Gasteiger partial charge is 0.460 e. The second-order valence-electron chi connectivity index (χ2n) is 12.3. The lowest BCUT2D eigenvalue weighted by Gasteiger charge is -2.34. The fraction of sp³-hybridized carbons (Fsp3) is 0.441. The van der Waals surface area contributed by atoms with E-state index in [0.717, 1.165) is 33.2 Å². The van der Waals surface area contributed by atoms with Crippen molar-refractivity contribution in [3.8, 4) is 11.3 Å². The van der Waals surface area contributed by atoms with Crippen LogP contribution in [-0.2, 0) is 30.3 Å². The minimum Gasteiger partial charge on any atom is -0.460 e. The maximum atomic E-state index is 13.3. The number of amides is 3. The lowest BCUT2D eigenvalue weighted by atomic mass is 10.0. The summed E-state index contributed by atoms with van der Waals surface area (Å²) in [6, 6.07) is 12.4. The Labute approximate surface area is 294 Å². The van der Waals surface area contributed by atoms with E-state index < -0.39 is 52.4 Å². The molecular weight excluding hydrogens is 681 g/mol. The molecule has 4 N–H and O–H groups in total. The third kappa shape index (κ3) is 10.3. The molecule has 258 valence electrons. The number of aliphatic hydroxyl groups excluding tert-OH is 1. The molecule has 2 heterocycles. The summed E-state index contributed by atoms with van der Waals surface area (Å²) in [5.41, 5.74) is 5.91. The van der Waals surface area contributed by atoms with Crippen LogP contribution in [0.4, 0.5) is 0 Å². The number of benzene rings is 2. The number of nitrogens with one attached hydrogen (secondary N) is 3. The summed E-state index contributed by atoms with van der Waals surface area (Å²) in [5, 5.41) is 18.6. The lowest BCUT2D eigenvalue weighted by molar-refractivity contribution is -0.152. The molecule has 48 heavy (non-hydrogen) atoms. The highest BCUT2D eigenvalue weighted by Crippen LogP contribution is 2.27. The van der Waals surface area contributed by atoms with Gasteiger partial charge in [-0.15, -0.1) is 0 Å². The van der Waals surface area contributed by atoms with Gasteiger partial charge in [0.1, 0.15) is 24.7 Å². The van der Waals surface area contributed by atoms with Gasteiger partial charge in [0.2, 0.25) is 15.6 Å². The minimum atomic E-state index is -1.76. The minimum absolute atomic E-state index is 0.0199. The number of hydrogen-bond acceptors (Lipinski definition) is 8. The average Bonchev–Trinajstić information content (AvgIpc) is 3.04. The van der Waals surface area contributed by atoms with Gasteiger partial charge in [0.05, 0.1) is 18.2 Å². The first-order valence-corrected chi connectivity index (χ1v) is 16.8. The third-order valence-electron chi connectivity index (χ3n) is 7.93. The Morgan fingerprint density at radius 3 is 2.48 bits per heavy atom. The first kappa shape index (κ1) is 37.3. The number of carbonyl (C=O) groups is 4. The monoisotopic (exact) mass is 719 g/mol. The van der Waals surface area contributed by atoms with Crippen molar-refractivity contribution < 1.29 is 29.0 Å². The number of alkyl halides is 3. The number of carbonyl (C=O) groups excluding carboxylic acids is 4. The Morgan fingerprint density at radius 2 is 1.79 bits per heavy atom. The quantitative estimate of drug-likeness (QED) is 0.167. The van der Waals surface area contributed by atoms with Crippen molar-refractivity contribution in [3.05, 3.63) is 65.9 Å². The average molecular weight is 721 g/mol. The van der Waals surface area contributed by atoms with Crippen LogP contribution in [0.25, 0.3) is 22.0 Å². The number of nitrogens with zero attached hydrogens (tertiary/aromatic N) is 2. The highest BCUT2D eigenvalue weighted by Gasteiger charge is 2.34. The van der Waals surface area contributed by atoms with Crippen LogP contribution in [0.5, 0.6) is 0 Å². The number of hydrazine groups is 1. The SMILES string of the molecule is CC(C)[C@H](NC(=O)Cc1cccc(-c2cc3cc([C@@H](C)O)ccc3cn2)c1)C(=O)N[C@@H](C)C(=O)N1CCC[C@@H](C(=O)OCC(Cl)(Cl)Cl)N1. The molecule has 1 aromatic heterocycles. The summed E-state index contributed by atoms with van der Waals surface area (Å²) >= 11 is 17.0. The molecule has 0 saturated carbocycles. The molecule has 1 aliphatic rings. The van der Waals surface area contributed by atoms with E-state index in [1.54, 1.807) is 27.0 Å². The van der Waals surface area contributed by atoms with E-state index in [-0.39, 0.29) is 18.2 Å². The van der Waals surface area contributed by atoms with E-state index >= 15 is 0 Å². The van der Waals surface area contributed by atoms with Gasteiger partial charge in [0, 0.05) is 23.7 Å². The number of pyridine rings is 1. The van der Waals surface area contributed by atoms with Gasteiger partial charge in [0.15, 0.2) is 0 Å². The Hall–Kier alpha value is -3.48. The number of esters is 1. The summed E-state index contributed by atoms with van der Waals surface area (Å²) in [6.45, 7) is 6.72. The van der Waals surface area contributed by atoms with Gasteiger partial charge in [-0.05, 0) is 67.3 Å². The Morgan fingerprint density at radius 1 is 1.04 bits per heavy atom. The maximum absolute atomic E-state index is 13.3. The van der Waals surface area contributed by atoms with Crippen LogP contribution < -0.4 is 16.1 Å². The van der Waals surface area contributed by atoms with E-state index in [4.69, 9.17) is 39.5 Å². The van der Waals surface area contributed by atoms with Gasteiger partial charge in [-0.1, -0.05) is 79.0 Å². The smallest absolute Gasteiger partial charge is 0.325 e. The molecule has 0 radical (unpaired) electrons. The van der Waals surface area contributed by atoms with Crippen molar-refractivity contribution in [2.75, 3.05) is 13.2 Å². The van der Waals surface area contributed by atoms with Crippen LogP contribution in [-0.4, -0.2) is 73.9 Å². The van der Waals surface area contributed by atoms with E-state index in [2.05, 4.69) is 21.0 Å². The molecule has 4 rings (SSSR count). The molecule has 4 atom stereocenters. The molecule has 3 aromatic rings. The van der Waals surface area contributed by atoms with Gasteiger partial charge in [-0.25, -0.2) is 5.43 Å². The summed E-state index contributed by atoms with van der Waals surface area (Å²) in [4.78, 5) is 56.6. The Balaban J connectivity index is 1.35. The highest BCUT2D eigenvalue weighted by atomic mass is 35.6. The topological polar surface area (TPSA) is 150 Å². The number of halogens is 3. The molecule has 0 spiro atoms. The Bertz CT molecular complexity index is 1650. The molecule has 0 aliphatic carbocycles. The predicted octanol–water partition coefficient (Wildman–Crippen LogP) is 4.55. The highest BCUT2D eigenvalue weighted by molar-refractivity contribution is 6.67. The van der Waals surface area contributed by atoms with Crippen molar-refractivity contribution in [2.24, 2.45) is 5.92 Å². The van der Waals surface area contributed by atoms with Crippen LogP contribution in [0.3, 0.4) is 0 Å². The molecule has 14 heteroatoms. The van der Waals surface area contributed by atoms with Gasteiger partial charge in [-0.2, -0.15) is 0 Å². The fourth-order valence-electron chi connectivity index (χ4n) is 5.33. The number of aromatic nitrogens is 1. The first-order valence-electron chi connectivity index (χ1n) is 15.7. The second kappa shape index (κ2) is 16.3. The number of aliphatic hydroxyl groups is 1. The lowest BCUT2D eigenvalue weighted by Crippen LogP contribution is -2.61. The normalized spacial score (nSPS) is 17.0. The molecule has 0 unspecified atom stereocenters. The third-order valence-corrected chi connectivity index (χ3v) is 8.25. The summed E-state index contributed by atoms with van der Waals surface area (Å²) < 4.78 is 3.28. The molecule has 11 nitrogen and oxygen atoms in total. The molecule has 1 aliphatic heterocycles. The Kier molecular flexibility index (Phi) is 12.7. The van der Waals surface area contributed by atoms with Crippen molar-refractivity contribution in [2.45, 2.75) is 75.0 Å².